The zero-order valence-corrected chi connectivity index (χ0v) is 8.14. The number of hydrogen-bond acceptors (Lipinski definition) is 6. The molecule has 0 amide bonds. The lowest BCUT2D eigenvalue weighted by atomic mass is 10.3. The summed E-state index contributed by atoms with van der Waals surface area (Å²) in [6, 6.07) is 0. The van der Waals surface area contributed by atoms with Gasteiger partial charge in [-0.15, -0.1) is 0 Å². The number of carboxylic acid groups (broad SMARTS) is 2. The topological polar surface area (TPSA) is 127 Å². The van der Waals surface area contributed by atoms with Crippen molar-refractivity contribution in [1.29, 1.82) is 0 Å². The summed E-state index contributed by atoms with van der Waals surface area (Å²) in [5.74, 6) is -3.25. The molecule has 2 N–H and O–H groups in total. The van der Waals surface area contributed by atoms with Crippen LogP contribution in [0.3, 0.4) is 0 Å². The molecule has 0 spiro atoms. The third-order valence-corrected chi connectivity index (χ3v) is 1.90. The highest BCUT2D eigenvalue weighted by Crippen LogP contribution is 2.06. The second kappa shape index (κ2) is 5.32. The fourth-order valence-corrected chi connectivity index (χ4v) is 1.22. The first-order chi connectivity index (χ1) is 6.78. The summed E-state index contributed by atoms with van der Waals surface area (Å²) >= 11 is 0. The molecule has 1 unspecified atom stereocenters. The van der Waals surface area contributed by atoms with Crippen molar-refractivity contribution in [3.05, 3.63) is 12.8 Å². The van der Waals surface area contributed by atoms with Gasteiger partial charge in [0.2, 0.25) is 0 Å². The van der Waals surface area contributed by atoms with E-state index in [1.54, 1.807) is 0 Å². The molecule has 8 nitrogen and oxygen atoms in total. The lowest BCUT2D eigenvalue weighted by Gasteiger charge is -2.09. The Kier molecular flexibility index (Phi) is 4.74. The highest BCUT2D eigenvalue weighted by molar-refractivity contribution is 7.82. The van der Waals surface area contributed by atoms with Gasteiger partial charge in [-0.05, 0) is 0 Å². The third-order valence-electron chi connectivity index (χ3n) is 1.06. The Morgan fingerprint density at radius 1 is 1.40 bits per heavy atom. The van der Waals surface area contributed by atoms with E-state index in [0.717, 1.165) is 0 Å². The van der Waals surface area contributed by atoms with Crippen molar-refractivity contribution in [3.8, 4) is 0 Å². The first kappa shape index (κ1) is 13.4. The smallest absolute Gasteiger partial charge is 0.449 e. The molecule has 0 saturated carbocycles. The van der Waals surface area contributed by atoms with Gasteiger partial charge in [-0.25, -0.2) is 8.98 Å². The largest absolute Gasteiger partial charge is 0.481 e. The molecule has 1 atom stereocenters. The molecule has 0 aliphatic heterocycles. The van der Waals surface area contributed by atoms with Crippen LogP contribution in [-0.4, -0.2) is 36.7 Å². The van der Waals surface area contributed by atoms with Crippen molar-refractivity contribution in [3.63, 3.8) is 0 Å². The Balaban J connectivity index is 4.61. The second-order valence-corrected chi connectivity index (χ2v) is 3.39. The van der Waals surface area contributed by atoms with E-state index in [0.29, 0.717) is 6.26 Å². The van der Waals surface area contributed by atoms with Crippen molar-refractivity contribution >= 4 is 22.3 Å². The Bertz CT molecular complexity index is 355. The third kappa shape index (κ3) is 5.65. The van der Waals surface area contributed by atoms with Gasteiger partial charge in [0.1, 0.15) is 6.26 Å². The quantitative estimate of drug-likeness (QED) is 0.561. The molecule has 15 heavy (non-hydrogen) atoms. The second-order valence-electron chi connectivity index (χ2n) is 2.19. The van der Waals surface area contributed by atoms with Crippen LogP contribution in [0.4, 0.5) is 0 Å². The zero-order chi connectivity index (χ0) is 12.1. The summed E-state index contributed by atoms with van der Waals surface area (Å²) in [4.78, 5) is 20.5. The number of carboxylic acids is 2. The number of hydrogen-bond donors (Lipinski definition) is 2. The van der Waals surface area contributed by atoms with Gasteiger partial charge in [0.15, 0.2) is 6.10 Å². The Hall–Kier alpha value is -1.61. The molecule has 0 bridgehead atoms. The molecule has 0 aliphatic rings. The standard InChI is InChI=1S/C6H8O8S/c1-2-13-15(11,12)14-4(6(9)10)3-5(7)8/h2,4H,1,3H2,(H,7,8)(H,9,10). The van der Waals surface area contributed by atoms with Crippen molar-refractivity contribution in [1.82, 2.24) is 0 Å². The molecule has 0 aliphatic carbocycles. The van der Waals surface area contributed by atoms with Crippen LogP contribution in [0.25, 0.3) is 0 Å². The van der Waals surface area contributed by atoms with E-state index >= 15 is 0 Å². The van der Waals surface area contributed by atoms with E-state index < -0.39 is 34.9 Å². The van der Waals surface area contributed by atoms with Crippen molar-refractivity contribution in [2.24, 2.45) is 0 Å². The predicted octanol–water partition coefficient (Wildman–Crippen LogP) is -0.664. The van der Waals surface area contributed by atoms with E-state index in [2.05, 4.69) is 14.9 Å². The van der Waals surface area contributed by atoms with Crippen molar-refractivity contribution in [2.75, 3.05) is 0 Å². The Labute approximate surface area is 85.1 Å². The van der Waals surface area contributed by atoms with Crippen LogP contribution in [0, 0.1) is 0 Å². The van der Waals surface area contributed by atoms with Gasteiger partial charge >= 0.3 is 22.3 Å². The maximum Gasteiger partial charge on any atom is 0.449 e. The molecule has 0 saturated heterocycles. The zero-order valence-electron chi connectivity index (χ0n) is 7.32. The van der Waals surface area contributed by atoms with Crippen LogP contribution in [0.15, 0.2) is 12.8 Å². The fourth-order valence-electron chi connectivity index (χ4n) is 0.569. The van der Waals surface area contributed by atoms with Gasteiger partial charge in [-0.3, -0.25) is 4.79 Å². The summed E-state index contributed by atoms with van der Waals surface area (Å²) < 4.78 is 29.3. The minimum atomic E-state index is -4.58. The van der Waals surface area contributed by atoms with Crippen LogP contribution < -0.4 is 0 Å². The average Bonchev–Trinajstić information content (AvgIpc) is 2.00. The molecule has 0 aromatic heterocycles. The SMILES string of the molecule is C=COS(=O)(=O)OC(CC(=O)O)C(=O)O. The summed E-state index contributed by atoms with van der Waals surface area (Å²) in [5, 5.41) is 16.7. The average molecular weight is 240 g/mol. The fraction of sp³-hybridized carbons (Fsp3) is 0.333. The van der Waals surface area contributed by atoms with Crippen LogP contribution in [0.2, 0.25) is 0 Å². The van der Waals surface area contributed by atoms with E-state index in [1.807, 2.05) is 0 Å². The van der Waals surface area contributed by atoms with E-state index in [-0.39, 0.29) is 0 Å². The minimum absolute atomic E-state index is 0.509. The maximum absolute atomic E-state index is 10.8. The summed E-state index contributed by atoms with van der Waals surface area (Å²) in [5.41, 5.74) is 0. The molecule has 0 fully saturated rings. The van der Waals surface area contributed by atoms with Gasteiger partial charge in [0, 0.05) is 0 Å². The van der Waals surface area contributed by atoms with E-state index in [4.69, 9.17) is 10.2 Å². The van der Waals surface area contributed by atoms with Crippen LogP contribution in [-0.2, 0) is 28.4 Å². The van der Waals surface area contributed by atoms with E-state index in [9.17, 15) is 18.0 Å². The lowest BCUT2D eigenvalue weighted by molar-refractivity contribution is -0.151. The Morgan fingerprint density at radius 2 is 1.93 bits per heavy atom. The van der Waals surface area contributed by atoms with Crippen LogP contribution >= 0.6 is 0 Å². The van der Waals surface area contributed by atoms with Crippen LogP contribution in [0.5, 0.6) is 0 Å². The molecule has 0 aromatic rings. The normalized spacial score (nSPS) is 12.8. The summed E-state index contributed by atoms with van der Waals surface area (Å²) in [6.45, 7) is 2.91. The molecular formula is C6H8O8S. The molecule has 0 aromatic carbocycles. The minimum Gasteiger partial charge on any atom is -0.481 e. The number of rotatable bonds is 7. The monoisotopic (exact) mass is 240 g/mol. The Morgan fingerprint density at radius 3 is 2.27 bits per heavy atom. The first-order valence-electron chi connectivity index (χ1n) is 3.45. The molecule has 0 radical (unpaired) electrons. The molecule has 0 heterocycles. The van der Waals surface area contributed by atoms with Gasteiger partial charge in [0.05, 0.1) is 6.42 Å². The summed E-state index contributed by atoms with van der Waals surface area (Å²) in [7, 11) is -4.58. The van der Waals surface area contributed by atoms with Gasteiger partial charge < -0.3 is 14.4 Å². The highest BCUT2D eigenvalue weighted by atomic mass is 32.3. The molecule has 0 rings (SSSR count). The molecule has 86 valence electrons. The highest BCUT2D eigenvalue weighted by Gasteiger charge is 2.28. The lowest BCUT2D eigenvalue weighted by Crippen LogP contribution is -2.29. The van der Waals surface area contributed by atoms with Gasteiger partial charge in [-0.2, -0.15) is 8.42 Å². The molecular weight excluding hydrogens is 232 g/mol. The first-order valence-corrected chi connectivity index (χ1v) is 4.79. The van der Waals surface area contributed by atoms with Gasteiger partial charge in [0.25, 0.3) is 0 Å². The van der Waals surface area contributed by atoms with Crippen LogP contribution in [0.1, 0.15) is 6.42 Å². The maximum atomic E-state index is 10.8. The number of aliphatic carboxylic acids is 2. The van der Waals surface area contributed by atoms with Crippen molar-refractivity contribution < 1.29 is 36.6 Å². The molecule has 9 heteroatoms. The van der Waals surface area contributed by atoms with Gasteiger partial charge in [-0.1, -0.05) is 6.58 Å². The summed E-state index contributed by atoms with van der Waals surface area (Å²) in [6.07, 6.45) is -2.53. The van der Waals surface area contributed by atoms with Crippen molar-refractivity contribution in [2.45, 2.75) is 12.5 Å². The van der Waals surface area contributed by atoms with E-state index in [1.165, 1.54) is 0 Å². The number of carbonyl (C=O) groups is 2. The predicted molar refractivity (Wildman–Crippen MR) is 45.0 cm³/mol.